The molecule has 7 heteroatoms. The summed E-state index contributed by atoms with van der Waals surface area (Å²) >= 11 is 0. The first-order valence-electron chi connectivity index (χ1n) is 6.12. The van der Waals surface area contributed by atoms with Gasteiger partial charge in [0.1, 0.15) is 0 Å². The molecule has 0 aromatic carbocycles. The second-order valence-corrected chi connectivity index (χ2v) is 4.33. The maximum absolute atomic E-state index is 9.24. The summed E-state index contributed by atoms with van der Waals surface area (Å²) in [4.78, 5) is 14.6. The van der Waals surface area contributed by atoms with Gasteiger partial charge in [0, 0.05) is 27.2 Å². The Balaban J connectivity index is 2.83. The number of hydrogen-bond donors (Lipinski definition) is 3. The monoisotopic (exact) mass is 254 g/mol. The van der Waals surface area contributed by atoms with Gasteiger partial charge in [0.15, 0.2) is 0 Å². The summed E-state index contributed by atoms with van der Waals surface area (Å²) in [5, 5.41) is 15.3. The van der Waals surface area contributed by atoms with E-state index in [1.165, 1.54) is 0 Å². The maximum Gasteiger partial charge on any atom is 0.231 e. The van der Waals surface area contributed by atoms with Gasteiger partial charge < -0.3 is 20.6 Å². The number of anilines is 3. The van der Waals surface area contributed by atoms with E-state index in [0.29, 0.717) is 24.4 Å². The van der Waals surface area contributed by atoms with Crippen molar-refractivity contribution in [1.29, 1.82) is 0 Å². The highest BCUT2D eigenvalue weighted by molar-refractivity contribution is 5.42. The van der Waals surface area contributed by atoms with Crippen molar-refractivity contribution in [2.45, 2.75) is 26.4 Å². The van der Waals surface area contributed by atoms with Crippen molar-refractivity contribution in [3.63, 3.8) is 0 Å². The molecule has 0 saturated carbocycles. The zero-order valence-corrected chi connectivity index (χ0v) is 11.4. The van der Waals surface area contributed by atoms with E-state index < -0.39 is 6.10 Å². The van der Waals surface area contributed by atoms with Crippen LogP contribution >= 0.6 is 0 Å². The molecule has 0 saturated heterocycles. The first-order valence-corrected chi connectivity index (χ1v) is 6.12. The summed E-state index contributed by atoms with van der Waals surface area (Å²) in [5.74, 6) is 1.59. The Morgan fingerprint density at radius 3 is 2.28 bits per heavy atom. The summed E-state index contributed by atoms with van der Waals surface area (Å²) in [7, 11) is 3.74. The molecule has 0 radical (unpaired) electrons. The molecule has 0 aliphatic rings. The molecule has 0 bridgehead atoms. The highest BCUT2D eigenvalue weighted by Gasteiger charge is 2.08. The van der Waals surface area contributed by atoms with Crippen LogP contribution in [0.15, 0.2) is 0 Å². The van der Waals surface area contributed by atoms with Gasteiger partial charge in [-0.15, -0.1) is 0 Å². The number of aliphatic hydroxyl groups is 1. The zero-order valence-electron chi connectivity index (χ0n) is 11.4. The van der Waals surface area contributed by atoms with Gasteiger partial charge in [-0.25, -0.2) is 0 Å². The van der Waals surface area contributed by atoms with Crippen LogP contribution in [0.4, 0.5) is 17.8 Å². The average Bonchev–Trinajstić information content (AvgIpc) is 2.33. The highest BCUT2D eigenvalue weighted by atomic mass is 16.3. The Morgan fingerprint density at radius 1 is 1.17 bits per heavy atom. The molecule has 0 fully saturated rings. The van der Waals surface area contributed by atoms with E-state index in [9.17, 15) is 5.11 Å². The van der Waals surface area contributed by atoms with Crippen LogP contribution in [0, 0.1) is 0 Å². The third-order valence-electron chi connectivity index (χ3n) is 2.11. The van der Waals surface area contributed by atoms with Gasteiger partial charge in [-0.2, -0.15) is 15.0 Å². The molecule has 3 N–H and O–H groups in total. The Hall–Kier alpha value is -1.63. The Kier molecular flexibility index (Phi) is 5.57. The molecular formula is C11H22N6O. The second-order valence-electron chi connectivity index (χ2n) is 4.33. The van der Waals surface area contributed by atoms with Crippen molar-refractivity contribution >= 4 is 17.8 Å². The fourth-order valence-electron chi connectivity index (χ4n) is 1.20. The van der Waals surface area contributed by atoms with Gasteiger partial charge in [0.2, 0.25) is 17.8 Å². The van der Waals surface area contributed by atoms with Crippen LogP contribution < -0.4 is 15.5 Å². The maximum atomic E-state index is 9.24. The Labute approximate surface area is 108 Å². The number of aliphatic hydroxyl groups excluding tert-OH is 1. The number of nitrogens with zero attached hydrogens (tertiary/aromatic N) is 4. The van der Waals surface area contributed by atoms with E-state index in [-0.39, 0.29) is 0 Å². The lowest BCUT2D eigenvalue weighted by Crippen LogP contribution is -2.20. The molecule has 1 aromatic heterocycles. The predicted molar refractivity (Wildman–Crippen MR) is 73.1 cm³/mol. The molecule has 1 heterocycles. The SMILES string of the molecule is CCCNc1nc(NCC(C)O)nc(N(C)C)n1. The fourth-order valence-corrected chi connectivity index (χ4v) is 1.20. The molecule has 1 atom stereocenters. The minimum absolute atomic E-state index is 0.407. The van der Waals surface area contributed by atoms with Crippen molar-refractivity contribution in [1.82, 2.24) is 15.0 Å². The van der Waals surface area contributed by atoms with E-state index in [4.69, 9.17) is 0 Å². The van der Waals surface area contributed by atoms with Gasteiger partial charge >= 0.3 is 0 Å². The molecule has 0 aliphatic carbocycles. The molecule has 0 spiro atoms. The quantitative estimate of drug-likeness (QED) is 0.655. The number of aromatic nitrogens is 3. The van der Waals surface area contributed by atoms with Crippen LogP contribution in [0.1, 0.15) is 20.3 Å². The topological polar surface area (TPSA) is 86.2 Å². The van der Waals surface area contributed by atoms with Crippen LogP contribution in [-0.2, 0) is 0 Å². The van der Waals surface area contributed by atoms with Gasteiger partial charge in [-0.3, -0.25) is 0 Å². The average molecular weight is 254 g/mol. The summed E-state index contributed by atoms with van der Waals surface area (Å²) < 4.78 is 0. The van der Waals surface area contributed by atoms with Crippen molar-refractivity contribution in [2.24, 2.45) is 0 Å². The van der Waals surface area contributed by atoms with Crippen LogP contribution in [0.3, 0.4) is 0 Å². The first-order chi connectivity index (χ1) is 8.52. The summed E-state index contributed by atoms with van der Waals surface area (Å²) in [6, 6.07) is 0. The lowest BCUT2D eigenvalue weighted by Gasteiger charge is -2.14. The van der Waals surface area contributed by atoms with Crippen molar-refractivity contribution in [2.75, 3.05) is 42.7 Å². The minimum atomic E-state index is -0.448. The van der Waals surface area contributed by atoms with Crippen LogP contribution in [0.5, 0.6) is 0 Å². The van der Waals surface area contributed by atoms with E-state index in [1.54, 1.807) is 6.92 Å². The van der Waals surface area contributed by atoms with Crippen molar-refractivity contribution in [3.05, 3.63) is 0 Å². The fraction of sp³-hybridized carbons (Fsp3) is 0.727. The zero-order chi connectivity index (χ0) is 13.5. The number of nitrogens with one attached hydrogen (secondary N) is 2. The van der Waals surface area contributed by atoms with E-state index >= 15 is 0 Å². The lowest BCUT2D eigenvalue weighted by atomic mass is 10.4. The van der Waals surface area contributed by atoms with Gasteiger partial charge in [0.25, 0.3) is 0 Å². The first kappa shape index (κ1) is 14.4. The molecule has 1 unspecified atom stereocenters. The summed E-state index contributed by atoms with van der Waals surface area (Å²) in [6.07, 6.45) is 0.552. The number of rotatable bonds is 7. The molecule has 0 aliphatic heterocycles. The third kappa shape index (κ3) is 4.70. The minimum Gasteiger partial charge on any atom is -0.392 e. The Morgan fingerprint density at radius 2 is 1.78 bits per heavy atom. The van der Waals surface area contributed by atoms with E-state index in [0.717, 1.165) is 13.0 Å². The van der Waals surface area contributed by atoms with Gasteiger partial charge in [-0.1, -0.05) is 6.92 Å². The van der Waals surface area contributed by atoms with Crippen LogP contribution in [0.2, 0.25) is 0 Å². The normalized spacial score (nSPS) is 12.1. The molecule has 18 heavy (non-hydrogen) atoms. The standard InChI is InChI=1S/C11H22N6O/c1-5-6-12-9-14-10(13-7-8(2)18)16-11(15-9)17(3)4/h8,18H,5-7H2,1-4H3,(H2,12,13,14,15,16). The smallest absolute Gasteiger partial charge is 0.231 e. The third-order valence-corrected chi connectivity index (χ3v) is 2.11. The van der Waals surface area contributed by atoms with Crippen LogP contribution in [0.25, 0.3) is 0 Å². The van der Waals surface area contributed by atoms with E-state index in [2.05, 4.69) is 32.5 Å². The van der Waals surface area contributed by atoms with Gasteiger partial charge in [-0.05, 0) is 13.3 Å². The Bertz CT molecular complexity index is 369. The summed E-state index contributed by atoms with van der Waals surface area (Å²) in [6.45, 7) is 5.00. The van der Waals surface area contributed by atoms with E-state index in [1.807, 2.05) is 19.0 Å². The summed E-state index contributed by atoms with van der Waals surface area (Å²) in [5.41, 5.74) is 0. The molecule has 0 amide bonds. The van der Waals surface area contributed by atoms with Crippen LogP contribution in [-0.4, -0.2) is 53.3 Å². The predicted octanol–water partition coefficient (Wildman–Crippen LogP) is 0.552. The molecule has 7 nitrogen and oxygen atoms in total. The molecule has 1 rings (SSSR count). The van der Waals surface area contributed by atoms with Crippen molar-refractivity contribution < 1.29 is 5.11 Å². The lowest BCUT2D eigenvalue weighted by molar-refractivity contribution is 0.208. The molecular weight excluding hydrogens is 232 g/mol. The van der Waals surface area contributed by atoms with Crippen molar-refractivity contribution in [3.8, 4) is 0 Å². The molecule has 1 aromatic rings. The highest BCUT2D eigenvalue weighted by Crippen LogP contribution is 2.11. The number of hydrogen-bond acceptors (Lipinski definition) is 7. The molecule has 102 valence electrons. The second kappa shape index (κ2) is 6.95. The van der Waals surface area contributed by atoms with Gasteiger partial charge in [0.05, 0.1) is 6.10 Å². The largest absolute Gasteiger partial charge is 0.392 e.